The summed E-state index contributed by atoms with van der Waals surface area (Å²) in [6.45, 7) is 7.46. The van der Waals surface area contributed by atoms with Gasteiger partial charge in [0.25, 0.3) is 0 Å². The molecule has 1 fully saturated rings. The SMILES string of the molecule is CCC1(CC)CCN(S(=O)(=O)c2cc(CN)oc2C)CC1. The summed E-state index contributed by atoms with van der Waals surface area (Å²) in [4.78, 5) is 0.267. The molecule has 1 aliphatic heterocycles. The third kappa shape index (κ3) is 3.03. The molecule has 0 bridgehead atoms. The average molecular weight is 314 g/mol. The first-order valence-electron chi connectivity index (χ1n) is 7.68. The zero-order chi connectivity index (χ0) is 15.7. The molecule has 1 saturated heterocycles. The smallest absolute Gasteiger partial charge is 0.246 e. The molecule has 0 aliphatic carbocycles. The number of nitrogens with zero attached hydrogens (tertiary/aromatic N) is 1. The molecule has 0 unspecified atom stereocenters. The van der Waals surface area contributed by atoms with Crippen LogP contribution in [0.3, 0.4) is 0 Å². The van der Waals surface area contributed by atoms with Crippen LogP contribution in [-0.4, -0.2) is 25.8 Å². The summed E-state index contributed by atoms with van der Waals surface area (Å²) in [5.74, 6) is 0.942. The third-order valence-corrected chi connectivity index (χ3v) is 7.03. The second kappa shape index (κ2) is 6.10. The monoisotopic (exact) mass is 314 g/mol. The highest BCUT2D eigenvalue weighted by Gasteiger charge is 2.37. The summed E-state index contributed by atoms with van der Waals surface area (Å²) in [7, 11) is -3.46. The van der Waals surface area contributed by atoms with E-state index >= 15 is 0 Å². The van der Waals surface area contributed by atoms with Gasteiger partial charge in [0, 0.05) is 19.2 Å². The lowest BCUT2D eigenvalue weighted by Gasteiger charge is -2.40. The molecule has 1 aromatic rings. The number of rotatable bonds is 5. The van der Waals surface area contributed by atoms with E-state index in [-0.39, 0.29) is 11.4 Å². The summed E-state index contributed by atoms with van der Waals surface area (Å²) < 4.78 is 32.5. The van der Waals surface area contributed by atoms with Crippen molar-refractivity contribution in [1.29, 1.82) is 0 Å². The van der Waals surface area contributed by atoms with E-state index in [2.05, 4.69) is 13.8 Å². The largest absolute Gasteiger partial charge is 0.464 e. The van der Waals surface area contributed by atoms with Gasteiger partial charge >= 0.3 is 0 Å². The van der Waals surface area contributed by atoms with Gasteiger partial charge in [-0.1, -0.05) is 26.7 Å². The molecule has 1 aromatic heterocycles. The van der Waals surface area contributed by atoms with Crippen LogP contribution in [0.2, 0.25) is 0 Å². The molecule has 2 heterocycles. The molecule has 21 heavy (non-hydrogen) atoms. The molecule has 0 atom stereocenters. The zero-order valence-electron chi connectivity index (χ0n) is 13.2. The Morgan fingerprint density at radius 3 is 2.29 bits per heavy atom. The van der Waals surface area contributed by atoms with Crippen molar-refractivity contribution in [2.45, 2.75) is 57.9 Å². The number of hydrogen-bond donors (Lipinski definition) is 1. The highest BCUT2D eigenvalue weighted by atomic mass is 32.2. The van der Waals surface area contributed by atoms with Crippen LogP contribution in [0.1, 0.15) is 51.1 Å². The Kier molecular flexibility index (Phi) is 4.80. The van der Waals surface area contributed by atoms with E-state index in [4.69, 9.17) is 10.2 Å². The van der Waals surface area contributed by atoms with Crippen LogP contribution >= 0.6 is 0 Å². The van der Waals surface area contributed by atoms with Gasteiger partial charge in [0.2, 0.25) is 10.0 Å². The molecule has 5 nitrogen and oxygen atoms in total. The standard InChI is InChI=1S/C15H26N2O3S/c1-4-15(5-2)6-8-17(9-7-15)21(18,19)14-10-13(11-16)20-12(14)3/h10H,4-9,11,16H2,1-3H3. The van der Waals surface area contributed by atoms with E-state index in [1.54, 1.807) is 17.3 Å². The van der Waals surface area contributed by atoms with Crippen molar-refractivity contribution in [3.05, 3.63) is 17.6 Å². The fourth-order valence-corrected chi connectivity index (χ4v) is 4.80. The molecule has 0 amide bonds. The van der Waals surface area contributed by atoms with Gasteiger partial charge in [-0.3, -0.25) is 0 Å². The van der Waals surface area contributed by atoms with Crippen LogP contribution in [0.15, 0.2) is 15.4 Å². The van der Waals surface area contributed by atoms with Gasteiger partial charge in [-0.15, -0.1) is 0 Å². The highest BCUT2D eigenvalue weighted by molar-refractivity contribution is 7.89. The summed E-state index contributed by atoms with van der Waals surface area (Å²) in [5, 5.41) is 0. The number of nitrogens with two attached hydrogens (primary N) is 1. The van der Waals surface area contributed by atoms with Crippen molar-refractivity contribution in [3.8, 4) is 0 Å². The van der Waals surface area contributed by atoms with Crippen LogP contribution in [0.25, 0.3) is 0 Å². The Bertz CT molecular complexity index is 578. The minimum atomic E-state index is -3.46. The zero-order valence-corrected chi connectivity index (χ0v) is 14.0. The summed E-state index contributed by atoms with van der Waals surface area (Å²) >= 11 is 0. The molecule has 6 heteroatoms. The Labute approximate surface area is 127 Å². The van der Waals surface area contributed by atoms with Gasteiger partial charge in [-0.25, -0.2) is 8.42 Å². The van der Waals surface area contributed by atoms with Crippen molar-refractivity contribution in [1.82, 2.24) is 4.31 Å². The second-order valence-corrected chi connectivity index (χ2v) is 7.85. The number of furan rings is 1. The first kappa shape index (κ1) is 16.5. The van der Waals surface area contributed by atoms with Gasteiger partial charge in [0.05, 0.1) is 6.54 Å². The predicted octanol–water partition coefficient (Wildman–Crippen LogP) is 2.64. The number of piperidine rings is 1. The van der Waals surface area contributed by atoms with Crippen molar-refractivity contribution in [3.63, 3.8) is 0 Å². The van der Waals surface area contributed by atoms with Gasteiger partial charge in [-0.2, -0.15) is 4.31 Å². The Morgan fingerprint density at radius 1 is 1.29 bits per heavy atom. The lowest BCUT2D eigenvalue weighted by Crippen LogP contribution is -2.42. The van der Waals surface area contributed by atoms with Gasteiger partial charge < -0.3 is 10.2 Å². The van der Waals surface area contributed by atoms with E-state index in [9.17, 15) is 8.42 Å². The topological polar surface area (TPSA) is 76.5 Å². The van der Waals surface area contributed by atoms with Gasteiger partial charge in [0.1, 0.15) is 16.4 Å². The minimum absolute atomic E-state index is 0.213. The number of hydrogen-bond acceptors (Lipinski definition) is 4. The molecule has 2 N–H and O–H groups in total. The Balaban J connectivity index is 2.20. The summed E-state index contributed by atoms with van der Waals surface area (Å²) in [5.41, 5.74) is 5.83. The van der Waals surface area contributed by atoms with Crippen molar-refractivity contribution < 1.29 is 12.8 Å². The van der Waals surface area contributed by atoms with Gasteiger partial charge in [0.15, 0.2) is 0 Å². The number of sulfonamides is 1. The first-order chi connectivity index (χ1) is 9.88. The Hall–Kier alpha value is -0.850. The maximum atomic E-state index is 12.8. The first-order valence-corrected chi connectivity index (χ1v) is 9.12. The van der Waals surface area contributed by atoms with Crippen LogP contribution < -0.4 is 5.73 Å². The van der Waals surface area contributed by atoms with Crippen molar-refractivity contribution >= 4 is 10.0 Å². The fraction of sp³-hybridized carbons (Fsp3) is 0.733. The molecule has 0 spiro atoms. The second-order valence-electron chi connectivity index (χ2n) is 5.95. The minimum Gasteiger partial charge on any atom is -0.464 e. The van der Waals surface area contributed by atoms with Crippen molar-refractivity contribution in [2.75, 3.05) is 13.1 Å². The van der Waals surface area contributed by atoms with E-state index in [1.807, 2.05) is 0 Å². The van der Waals surface area contributed by atoms with E-state index in [1.165, 1.54) is 0 Å². The van der Waals surface area contributed by atoms with E-state index < -0.39 is 10.0 Å². The number of aryl methyl sites for hydroxylation is 1. The normalized spacial score (nSPS) is 19.8. The highest BCUT2D eigenvalue weighted by Crippen LogP contribution is 2.39. The van der Waals surface area contributed by atoms with Crippen LogP contribution in [-0.2, 0) is 16.6 Å². The summed E-state index contributed by atoms with van der Waals surface area (Å²) in [6, 6.07) is 1.56. The lowest BCUT2D eigenvalue weighted by atomic mass is 9.75. The molecular formula is C15H26N2O3S. The maximum absolute atomic E-state index is 12.8. The Morgan fingerprint density at radius 2 is 1.86 bits per heavy atom. The fourth-order valence-electron chi connectivity index (χ4n) is 3.18. The predicted molar refractivity (Wildman–Crippen MR) is 82.3 cm³/mol. The molecule has 0 aromatic carbocycles. The quantitative estimate of drug-likeness (QED) is 0.906. The molecule has 0 radical (unpaired) electrons. The lowest BCUT2D eigenvalue weighted by molar-refractivity contribution is 0.141. The molecular weight excluding hydrogens is 288 g/mol. The molecule has 0 saturated carbocycles. The van der Waals surface area contributed by atoms with E-state index in [0.29, 0.717) is 30.0 Å². The van der Waals surface area contributed by atoms with Crippen LogP contribution in [0.4, 0.5) is 0 Å². The molecule has 1 aliphatic rings. The van der Waals surface area contributed by atoms with Crippen LogP contribution in [0, 0.1) is 12.3 Å². The molecule has 2 rings (SSSR count). The molecule has 120 valence electrons. The third-order valence-electron chi connectivity index (χ3n) is 5.03. The van der Waals surface area contributed by atoms with Gasteiger partial charge in [-0.05, 0) is 25.2 Å². The average Bonchev–Trinajstić information content (AvgIpc) is 2.89. The van der Waals surface area contributed by atoms with Crippen molar-refractivity contribution in [2.24, 2.45) is 11.1 Å². The van der Waals surface area contributed by atoms with E-state index in [0.717, 1.165) is 25.7 Å². The summed E-state index contributed by atoms with van der Waals surface area (Å²) in [6.07, 6.45) is 4.08. The maximum Gasteiger partial charge on any atom is 0.246 e. The van der Waals surface area contributed by atoms with Crippen LogP contribution in [0.5, 0.6) is 0 Å².